The van der Waals surface area contributed by atoms with Crippen LogP contribution in [0.25, 0.3) is 0 Å². The molecule has 0 aliphatic carbocycles. The fraction of sp³-hybridized carbons (Fsp3) is 0.429. The van der Waals surface area contributed by atoms with Gasteiger partial charge in [0.1, 0.15) is 11.1 Å². The summed E-state index contributed by atoms with van der Waals surface area (Å²) in [4.78, 5) is 10.4. The highest BCUT2D eigenvalue weighted by molar-refractivity contribution is 9.10. The summed E-state index contributed by atoms with van der Waals surface area (Å²) in [6, 6.07) is 1.77. The van der Waals surface area contributed by atoms with E-state index in [1.54, 1.807) is 6.07 Å². The minimum Gasteiger partial charge on any atom is -0.480 e. The zero-order valence-electron chi connectivity index (χ0n) is 6.90. The molecule has 0 aliphatic rings. The number of hydrogen-bond acceptors (Lipinski definition) is 3. The highest BCUT2D eigenvalue weighted by Crippen LogP contribution is 2.10. The number of halogens is 1. The number of aliphatic carboxylic acids is 1. The van der Waals surface area contributed by atoms with E-state index < -0.39 is 5.97 Å². The predicted molar refractivity (Wildman–Crippen MR) is 50.3 cm³/mol. The zero-order chi connectivity index (χ0) is 9.84. The monoisotopic (exact) mass is 247 g/mol. The highest BCUT2D eigenvalue weighted by Gasteiger charge is 2.08. The summed E-state index contributed by atoms with van der Waals surface area (Å²) in [7, 11) is 0. The maximum Gasteiger partial charge on any atom is 0.325 e. The van der Waals surface area contributed by atoms with Gasteiger partial charge in [-0.1, -0.05) is 0 Å². The normalized spacial score (nSPS) is 10.3. The fourth-order valence-electron chi connectivity index (χ4n) is 1.03. The Morgan fingerprint density at radius 2 is 2.46 bits per heavy atom. The van der Waals surface area contributed by atoms with Crippen molar-refractivity contribution in [2.45, 2.75) is 13.0 Å². The fourth-order valence-corrected chi connectivity index (χ4v) is 1.49. The molecule has 0 amide bonds. The lowest BCUT2D eigenvalue weighted by Crippen LogP contribution is -2.15. The molecular formula is C7H10BrN3O2. The molecule has 0 aliphatic heterocycles. The molecule has 72 valence electrons. The first-order valence-electron chi connectivity index (χ1n) is 3.77. The number of carboxylic acid groups (broad SMARTS) is 1. The number of aromatic nitrogens is 2. The van der Waals surface area contributed by atoms with Crippen LogP contribution < -0.4 is 5.73 Å². The van der Waals surface area contributed by atoms with Crippen LogP contribution in [0.5, 0.6) is 0 Å². The maximum atomic E-state index is 10.4. The van der Waals surface area contributed by atoms with Gasteiger partial charge in [-0.05, 0) is 28.5 Å². The van der Waals surface area contributed by atoms with Crippen LogP contribution in [0.3, 0.4) is 0 Å². The smallest absolute Gasteiger partial charge is 0.325 e. The summed E-state index contributed by atoms with van der Waals surface area (Å²) in [5, 5.41) is 12.5. The Labute approximate surface area is 83.7 Å². The molecule has 1 heterocycles. The van der Waals surface area contributed by atoms with Gasteiger partial charge in [0, 0.05) is 12.1 Å². The van der Waals surface area contributed by atoms with E-state index in [4.69, 9.17) is 10.8 Å². The lowest BCUT2D eigenvalue weighted by atomic mass is 10.3. The van der Waals surface area contributed by atoms with E-state index >= 15 is 0 Å². The SMILES string of the molecule is NCCc1cc(Br)nn1CC(=O)O. The van der Waals surface area contributed by atoms with Crippen LogP contribution in [-0.2, 0) is 17.8 Å². The van der Waals surface area contributed by atoms with Crippen molar-refractivity contribution in [3.8, 4) is 0 Å². The third-order valence-corrected chi connectivity index (χ3v) is 1.91. The minimum absolute atomic E-state index is 0.124. The van der Waals surface area contributed by atoms with Crippen molar-refractivity contribution in [1.29, 1.82) is 0 Å². The molecule has 0 atom stereocenters. The van der Waals surface area contributed by atoms with Crippen molar-refractivity contribution in [2.75, 3.05) is 6.54 Å². The third-order valence-electron chi connectivity index (χ3n) is 1.52. The Balaban J connectivity index is 2.83. The second-order valence-electron chi connectivity index (χ2n) is 2.55. The summed E-state index contributed by atoms with van der Waals surface area (Å²) >= 11 is 3.18. The van der Waals surface area contributed by atoms with Crippen LogP contribution in [-0.4, -0.2) is 27.4 Å². The van der Waals surface area contributed by atoms with E-state index in [1.807, 2.05) is 0 Å². The van der Waals surface area contributed by atoms with E-state index in [0.29, 0.717) is 17.6 Å². The molecule has 1 aromatic rings. The molecular weight excluding hydrogens is 238 g/mol. The van der Waals surface area contributed by atoms with Crippen LogP contribution in [0.4, 0.5) is 0 Å². The third kappa shape index (κ3) is 2.82. The van der Waals surface area contributed by atoms with Gasteiger partial charge in [-0.2, -0.15) is 5.10 Å². The van der Waals surface area contributed by atoms with Gasteiger partial charge in [0.05, 0.1) is 0 Å². The van der Waals surface area contributed by atoms with Gasteiger partial charge in [0.2, 0.25) is 0 Å². The van der Waals surface area contributed by atoms with Crippen LogP contribution in [0, 0.1) is 0 Å². The largest absolute Gasteiger partial charge is 0.480 e. The number of carboxylic acids is 1. The number of rotatable bonds is 4. The van der Waals surface area contributed by atoms with Crippen LogP contribution in [0.15, 0.2) is 10.7 Å². The molecule has 0 radical (unpaired) electrons. The lowest BCUT2D eigenvalue weighted by molar-refractivity contribution is -0.137. The van der Waals surface area contributed by atoms with E-state index in [2.05, 4.69) is 21.0 Å². The molecule has 0 fully saturated rings. The predicted octanol–water partition coefficient (Wildman–Crippen LogP) is 0.231. The maximum absolute atomic E-state index is 10.4. The number of nitrogens with two attached hydrogens (primary N) is 1. The van der Waals surface area contributed by atoms with Gasteiger partial charge in [-0.25, -0.2) is 0 Å². The zero-order valence-corrected chi connectivity index (χ0v) is 8.49. The molecule has 0 spiro atoms. The first-order valence-corrected chi connectivity index (χ1v) is 4.57. The summed E-state index contributed by atoms with van der Waals surface area (Å²) < 4.78 is 2.07. The van der Waals surface area contributed by atoms with Crippen molar-refractivity contribution in [3.05, 3.63) is 16.4 Å². The van der Waals surface area contributed by atoms with Crippen LogP contribution in [0.1, 0.15) is 5.69 Å². The summed E-state index contributed by atoms with van der Waals surface area (Å²) in [6.45, 7) is 0.360. The van der Waals surface area contributed by atoms with E-state index in [-0.39, 0.29) is 6.54 Å². The van der Waals surface area contributed by atoms with Gasteiger partial charge in [-0.15, -0.1) is 0 Å². The number of hydrogen-bond donors (Lipinski definition) is 2. The van der Waals surface area contributed by atoms with Crippen molar-refractivity contribution in [1.82, 2.24) is 9.78 Å². The first-order chi connectivity index (χ1) is 6.13. The molecule has 0 unspecified atom stereocenters. The van der Waals surface area contributed by atoms with E-state index in [9.17, 15) is 4.79 Å². The van der Waals surface area contributed by atoms with Gasteiger partial charge in [0.15, 0.2) is 0 Å². The van der Waals surface area contributed by atoms with Crippen molar-refractivity contribution in [2.24, 2.45) is 5.73 Å². The van der Waals surface area contributed by atoms with E-state index in [1.165, 1.54) is 4.68 Å². The molecule has 0 saturated heterocycles. The van der Waals surface area contributed by atoms with E-state index in [0.717, 1.165) is 5.69 Å². The summed E-state index contributed by atoms with van der Waals surface area (Å²) in [6.07, 6.45) is 0.631. The van der Waals surface area contributed by atoms with Gasteiger partial charge < -0.3 is 10.8 Å². The Hall–Kier alpha value is -0.880. The van der Waals surface area contributed by atoms with Crippen molar-refractivity contribution >= 4 is 21.9 Å². The quantitative estimate of drug-likeness (QED) is 0.799. The topological polar surface area (TPSA) is 81.1 Å². The Morgan fingerprint density at radius 3 is 3.00 bits per heavy atom. The van der Waals surface area contributed by atoms with Crippen molar-refractivity contribution < 1.29 is 9.90 Å². The summed E-state index contributed by atoms with van der Waals surface area (Å²) in [5.41, 5.74) is 6.20. The number of carbonyl (C=O) groups is 1. The summed E-state index contributed by atoms with van der Waals surface area (Å²) in [5.74, 6) is -0.908. The first kappa shape index (κ1) is 10.2. The standard InChI is InChI=1S/C7H10BrN3O2/c8-6-3-5(1-2-9)11(10-6)4-7(12)13/h3H,1-2,4,9H2,(H,12,13). The average molecular weight is 248 g/mol. The van der Waals surface area contributed by atoms with Crippen LogP contribution >= 0.6 is 15.9 Å². The Kier molecular flexibility index (Phi) is 3.44. The molecule has 3 N–H and O–H groups in total. The van der Waals surface area contributed by atoms with Gasteiger partial charge >= 0.3 is 5.97 Å². The average Bonchev–Trinajstić information content (AvgIpc) is 2.31. The Bertz CT molecular complexity index is 311. The Morgan fingerprint density at radius 1 is 1.77 bits per heavy atom. The highest BCUT2D eigenvalue weighted by atomic mass is 79.9. The van der Waals surface area contributed by atoms with Crippen LogP contribution in [0.2, 0.25) is 0 Å². The van der Waals surface area contributed by atoms with Gasteiger partial charge in [0.25, 0.3) is 0 Å². The molecule has 1 rings (SSSR count). The minimum atomic E-state index is -0.908. The molecule has 5 nitrogen and oxygen atoms in total. The lowest BCUT2D eigenvalue weighted by Gasteiger charge is -2.01. The molecule has 13 heavy (non-hydrogen) atoms. The molecule has 0 bridgehead atoms. The molecule has 1 aromatic heterocycles. The molecule has 0 saturated carbocycles. The second-order valence-corrected chi connectivity index (χ2v) is 3.36. The molecule has 0 aromatic carbocycles. The molecule has 6 heteroatoms. The van der Waals surface area contributed by atoms with Gasteiger partial charge in [-0.3, -0.25) is 9.48 Å². The number of nitrogens with zero attached hydrogens (tertiary/aromatic N) is 2. The second kappa shape index (κ2) is 4.38. The van der Waals surface area contributed by atoms with Crippen molar-refractivity contribution in [3.63, 3.8) is 0 Å².